The zero-order valence-corrected chi connectivity index (χ0v) is 18.6. The number of carbonyl (C=O) groups excluding carboxylic acids is 1. The van der Waals surface area contributed by atoms with E-state index in [2.05, 4.69) is 25.9 Å². The minimum absolute atomic E-state index is 0. The summed E-state index contributed by atoms with van der Waals surface area (Å²) < 4.78 is 0. The van der Waals surface area contributed by atoms with Gasteiger partial charge in [-0.15, -0.1) is 35.3 Å². The van der Waals surface area contributed by atoms with Gasteiger partial charge in [-0.25, -0.2) is 9.98 Å². The molecule has 0 radical (unpaired) electrons. The number of rotatable bonds is 7. The molecule has 0 unspecified atom stereocenters. The van der Waals surface area contributed by atoms with Crippen LogP contribution in [0, 0.1) is 19.3 Å². The Kier molecular flexibility index (Phi) is 10.5. The third kappa shape index (κ3) is 7.33. The van der Waals surface area contributed by atoms with E-state index in [-0.39, 0.29) is 29.9 Å². The fraction of sp³-hybridized carbons (Fsp3) is 0.688. The van der Waals surface area contributed by atoms with Crippen molar-refractivity contribution in [2.24, 2.45) is 10.4 Å². The molecule has 0 aliphatic rings. The first kappa shape index (κ1) is 23.1. The van der Waals surface area contributed by atoms with E-state index in [1.807, 2.05) is 41.5 Å². The number of hydrogen-bond acceptors (Lipinski definition) is 4. The quantitative estimate of drug-likeness (QED) is 0.327. The van der Waals surface area contributed by atoms with Gasteiger partial charge in [0, 0.05) is 24.5 Å². The van der Waals surface area contributed by atoms with Crippen LogP contribution >= 0.6 is 35.3 Å². The molecule has 6 nitrogen and oxygen atoms in total. The third-order valence-corrected chi connectivity index (χ3v) is 4.43. The van der Waals surface area contributed by atoms with Crippen molar-refractivity contribution in [1.29, 1.82) is 0 Å². The van der Waals surface area contributed by atoms with Gasteiger partial charge < -0.3 is 16.0 Å². The van der Waals surface area contributed by atoms with Gasteiger partial charge in [-0.2, -0.15) is 0 Å². The molecule has 1 aromatic rings. The molecule has 0 fully saturated rings. The van der Waals surface area contributed by atoms with E-state index in [0.29, 0.717) is 19.6 Å². The van der Waals surface area contributed by atoms with Crippen molar-refractivity contribution in [2.45, 2.75) is 48.1 Å². The van der Waals surface area contributed by atoms with Crippen LogP contribution in [-0.2, 0) is 11.3 Å². The standard InChI is InChI=1S/C16H29N5OS.HI/c1-7-17-14(22)16(5,6)10-20-15(18-8-2)19-9-13-11(3)21-12(4)23-13;/h7-10H2,1-6H3,(H,17,22)(H2,18,19,20);1H. The lowest BCUT2D eigenvalue weighted by atomic mass is 9.92. The van der Waals surface area contributed by atoms with Gasteiger partial charge in [0.05, 0.1) is 22.7 Å². The van der Waals surface area contributed by atoms with E-state index in [4.69, 9.17) is 0 Å². The van der Waals surface area contributed by atoms with Crippen molar-refractivity contribution < 1.29 is 4.79 Å². The Bertz CT molecular complexity index is 557. The molecule has 8 heteroatoms. The molecule has 0 aliphatic heterocycles. The molecule has 0 bridgehead atoms. The number of halogens is 1. The van der Waals surface area contributed by atoms with Crippen LogP contribution in [0.25, 0.3) is 0 Å². The van der Waals surface area contributed by atoms with E-state index >= 15 is 0 Å². The molecule has 0 saturated carbocycles. The molecule has 1 heterocycles. The summed E-state index contributed by atoms with van der Waals surface area (Å²) in [7, 11) is 0. The van der Waals surface area contributed by atoms with Crippen LogP contribution in [0.3, 0.4) is 0 Å². The van der Waals surface area contributed by atoms with Crippen LogP contribution < -0.4 is 16.0 Å². The number of guanidine groups is 1. The molecule has 1 rings (SSSR count). The zero-order valence-electron chi connectivity index (χ0n) is 15.4. The van der Waals surface area contributed by atoms with Gasteiger partial charge in [-0.3, -0.25) is 4.79 Å². The third-order valence-electron chi connectivity index (χ3n) is 3.37. The first-order chi connectivity index (χ1) is 10.8. The largest absolute Gasteiger partial charge is 0.357 e. The van der Waals surface area contributed by atoms with Crippen molar-refractivity contribution in [2.75, 3.05) is 19.6 Å². The average molecular weight is 467 g/mol. The van der Waals surface area contributed by atoms with Crippen LogP contribution in [0.4, 0.5) is 0 Å². The molecule has 0 atom stereocenters. The van der Waals surface area contributed by atoms with Crippen LogP contribution in [0.2, 0.25) is 0 Å². The Morgan fingerprint density at radius 3 is 2.29 bits per heavy atom. The van der Waals surface area contributed by atoms with Gasteiger partial charge in [0.2, 0.25) is 5.91 Å². The molecule has 0 saturated heterocycles. The van der Waals surface area contributed by atoms with E-state index in [1.54, 1.807) is 11.3 Å². The summed E-state index contributed by atoms with van der Waals surface area (Å²) in [6.07, 6.45) is 0. The number of nitrogens with zero attached hydrogens (tertiary/aromatic N) is 2. The van der Waals surface area contributed by atoms with E-state index in [9.17, 15) is 4.79 Å². The van der Waals surface area contributed by atoms with Gasteiger partial charge in [0.15, 0.2) is 5.96 Å². The van der Waals surface area contributed by atoms with E-state index in [1.165, 1.54) is 4.88 Å². The summed E-state index contributed by atoms with van der Waals surface area (Å²) >= 11 is 1.67. The van der Waals surface area contributed by atoms with Crippen molar-refractivity contribution in [1.82, 2.24) is 20.9 Å². The number of thiazole rings is 1. The van der Waals surface area contributed by atoms with Gasteiger partial charge in [0.1, 0.15) is 0 Å². The number of amides is 1. The summed E-state index contributed by atoms with van der Waals surface area (Å²) in [5.74, 6) is 0.757. The second-order valence-corrected chi connectivity index (χ2v) is 7.32. The Morgan fingerprint density at radius 2 is 1.79 bits per heavy atom. The van der Waals surface area contributed by atoms with Gasteiger partial charge in [-0.05, 0) is 41.5 Å². The minimum Gasteiger partial charge on any atom is -0.357 e. The summed E-state index contributed by atoms with van der Waals surface area (Å²) in [6, 6.07) is 0. The monoisotopic (exact) mass is 467 g/mol. The molecule has 3 N–H and O–H groups in total. The first-order valence-electron chi connectivity index (χ1n) is 8.03. The Morgan fingerprint density at radius 1 is 1.17 bits per heavy atom. The van der Waals surface area contributed by atoms with Crippen molar-refractivity contribution >= 4 is 47.2 Å². The molecule has 0 spiro atoms. The van der Waals surface area contributed by atoms with E-state index in [0.717, 1.165) is 23.2 Å². The highest BCUT2D eigenvalue weighted by Crippen LogP contribution is 2.18. The maximum absolute atomic E-state index is 12.0. The lowest BCUT2D eigenvalue weighted by Crippen LogP contribution is -2.47. The van der Waals surface area contributed by atoms with Gasteiger partial charge in [-0.1, -0.05) is 0 Å². The highest BCUT2D eigenvalue weighted by molar-refractivity contribution is 14.0. The van der Waals surface area contributed by atoms with Gasteiger partial charge >= 0.3 is 0 Å². The van der Waals surface area contributed by atoms with Crippen LogP contribution in [0.1, 0.15) is 43.3 Å². The normalized spacial score (nSPS) is 11.7. The summed E-state index contributed by atoms with van der Waals surface area (Å²) in [5.41, 5.74) is 0.540. The number of nitrogens with one attached hydrogen (secondary N) is 3. The second kappa shape index (κ2) is 10.9. The highest BCUT2D eigenvalue weighted by atomic mass is 127. The molecule has 0 aliphatic carbocycles. The van der Waals surface area contributed by atoms with Crippen LogP contribution in [0.15, 0.2) is 4.99 Å². The Labute approximate surface area is 166 Å². The highest BCUT2D eigenvalue weighted by Gasteiger charge is 2.27. The fourth-order valence-electron chi connectivity index (χ4n) is 2.00. The number of aryl methyl sites for hydroxylation is 2. The molecule has 1 amide bonds. The molecular weight excluding hydrogens is 437 g/mol. The lowest BCUT2D eigenvalue weighted by Gasteiger charge is -2.24. The lowest BCUT2D eigenvalue weighted by molar-refractivity contribution is -0.128. The predicted octanol–water partition coefficient (Wildman–Crippen LogP) is 2.60. The van der Waals surface area contributed by atoms with Gasteiger partial charge in [0.25, 0.3) is 0 Å². The summed E-state index contributed by atoms with van der Waals surface area (Å²) in [4.78, 5) is 22.2. The summed E-state index contributed by atoms with van der Waals surface area (Å²) in [5, 5.41) is 10.4. The topological polar surface area (TPSA) is 78.4 Å². The Hall–Kier alpha value is -0.900. The number of hydrogen-bond donors (Lipinski definition) is 3. The predicted molar refractivity (Wildman–Crippen MR) is 112 cm³/mol. The molecular formula is C16H30IN5OS. The Balaban J connectivity index is 0.00000529. The first-order valence-corrected chi connectivity index (χ1v) is 8.85. The fourth-order valence-corrected chi connectivity index (χ4v) is 2.86. The van der Waals surface area contributed by atoms with Crippen molar-refractivity contribution in [3.63, 3.8) is 0 Å². The molecule has 1 aromatic heterocycles. The van der Waals surface area contributed by atoms with Crippen LogP contribution in [-0.4, -0.2) is 36.5 Å². The summed E-state index contributed by atoms with van der Waals surface area (Å²) in [6.45, 7) is 14.3. The van der Waals surface area contributed by atoms with Crippen molar-refractivity contribution in [3.05, 3.63) is 15.6 Å². The smallest absolute Gasteiger partial charge is 0.227 e. The minimum atomic E-state index is -0.497. The second-order valence-electron chi connectivity index (χ2n) is 6.03. The zero-order chi connectivity index (χ0) is 17.5. The maximum Gasteiger partial charge on any atom is 0.227 e. The number of aliphatic imine (C=N–C) groups is 1. The SMILES string of the molecule is CCNC(=O)C(C)(C)CNC(=NCc1sc(C)nc1C)NCC.I. The molecule has 138 valence electrons. The molecule has 0 aromatic carbocycles. The number of aromatic nitrogens is 1. The van der Waals surface area contributed by atoms with E-state index < -0.39 is 5.41 Å². The maximum atomic E-state index is 12.0. The van der Waals surface area contributed by atoms with Crippen LogP contribution in [0.5, 0.6) is 0 Å². The average Bonchev–Trinajstić information content (AvgIpc) is 2.80. The number of carbonyl (C=O) groups is 1. The molecule has 24 heavy (non-hydrogen) atoms. The van der Waals surface area contributed by atoms with Crippen molar-refractivity contribution in [3.8, 4) is 0 Å².